The van der Waals surface area contributed by atoms with Crippen LogP contribution in [0.2, 0.25) is 0 Å². The third-order valence-corrected chi connectivity index (χ3v) is 3.75. The molecule has 0 saturated carbocycles. The van der Waals surface area contributed by atoms with E-state index in [0.717, 1.165) is 16.5 Å². The van der Waals surface area contributed by atoms with E-state index in [9.17, 15) is 4.79 Å². The van der Waals surface area contributed by atoms with Crippen LogP contribution in [0.25, 0.3) is 10.8 Å². The van der Waals surface area contributed by atoms with E-state index in [1.165, 1.54) is 0 Å². The van der Waals surface area contributed by atoms with Gasteiger partial charge in [-0.25, -0.2) is 4.79 Å². The Morgan fingerprint density at radius 1 is 1.09 bits per heavy atom. The molecule has 1 unspecified atom stereocenters. The average molecular weight is 300 g/mol. The fourth-order valence-electron chi connectivity index (χ4n) is 2.07. The molecule has 0 radical (unpaired) electrons. The topological polar surface area (TPSA) is 50.4 Å². The number of carbonyl (C=O) groups excluding carboxylic acids is 1. The highest BCUT2D eigenvalue weighted by Crippen LogP contribution is 2.24. The van der Waals surface area contributed by atoms with E-state index in [2.05, 4.69) is 36.6 Å². The van der Waals surface area contributed by atoms with Gasteiger partial charge in [-0.2, -0.15) is 0 Å². The number of carbonyl (C=O) groups is 1. The summed E-state index contributed by atoms with van der Waals surface area (Å²) in [6, 6.07) is 14.1. The van der Waals surface area contributed by atoms with Crippen molar-refractivity contribution in [3.63, 3.8) is 0 Å². The standard InChI is InChI=1S/C18H24N2O2/c1-13(2)14(3)20-18(21)19-11-12-22-17-10-6-8-15-7-4-5-9-16(15)17/h4-10,13-14H,11-12H2,1-3H3,(H2,19,20,21). The summed E-state index contributed by atoms with van der Waals surface area (Å²) in [5.41, 5.74) is 0. The van der Waals surface area contributed by atoms with Crippen molar-refractivity contribution in [2.75, 3.05) is 13.2 Å². The number of hydrogen-bond donors (Lipinski definition) is 2. The molecule has 0 aliphatic heterocycles. The summed E-state index contributed by atoms with van der Waals surface area (Å²) in [6.45, 7) is 7.07. The Bertz CT molecular complexity index is 620. The zero-order valence-electron chi connectivity index (χ0n) is 13.4. The van der Waals surface area contributed by atoms with Gasteiger partial charge in [-0.1, -0.05) is 50.2 Å². The maximum Gasteiger partial charge on any atom is 0.315 e. The van der Waals surface area contributed by atoms with E-state index in [1.807, 2.05) is 37.3 Å². The van der Waals surface area contributed by atoms with E-state index >= 15 is 0 Å². The molecule has 2 rings (SSSR count). The minimum Gasteiger partial charge on any atom is -0.491 e. The van der Waals surface area contributed by atoms with Gasteiger partial charge in [0.1, 0.15) is 12.4 Å². The first kappa shape index (κ1) is 16.1. The van der Waals surface area contributed by atoms with E-state index in [0.29, 0.717) is 19.1 Å². The van der Waals surface area contributed by atoms with Crippen LogP contribution in [0.3, 0.4) is 0 Å². The lowest BCUT2D eigenvalue weighted by molar-refractivity contribution is 0.230. The van der Waals surface area contributed by atoms with Gasteiger partial charge in [0, 0.05) is 11.4 Å². The van der Waals surface area contributed by atoms with Gasteiger partial charge < -0.3 is 15.4 Å². The molecule has 0 saturated heterocycles. The minimum atomic E-state index is -0.150. The molecule has 0 fully saturated rings. The lowest BCUT2D eigenvalue weighted by Gasteiger charge is -2.18. The van der Waals surface area contributed by atoms with Crippen molar-refractivity contribution in [3.05, 3.63) is 42.5 Å². The van der Waals surface area contributed by atoms with Crippen molar-refractivity contribution in [2.24, 2.45) is 5.92 Å². The van der Waals surface area contributed by atoms with Crippen LogP contribution >= 0.6 is 0 Å². The molecule has 2 N–H and O–H groups in total. The molecule has 4 nitrogen and oxygen atoms in total. The summed E-state index contributed by atoms with van der Waals surface area (Å²) in [4.78, 5) is 11.7. The summed E-state index contributed by atoms with van der Waals surface area (Å²) in [7, 11) is 0. The van der Waals surface area contributed by atoms with E-state index in [1.54, 1.807) is 0 Å². The first-order valence-corrected chi connectivity index (χ1v) is 7.73. The molecular formula is C18H24N2O2. The van der Waals surface area contributed by atoms with Gasteiger partial charge in [0.25, 0.3) is 0 Å². The highest BCUT2D eigenvalue weighted by Gasteiger charge is 2.09. The van der Waals surface area contributed by atoms with Gasteiger partial charge >= 0.3 is 6.03 Å². The molecule has 4 heteroatoms. The Hall–Kier alpha value is -2.23. The summed E-state index contributed by atoms with van der Waals surface area (Å²) >= 11 is 0. The highest BCUT2D eigenvalue weighted by molar-refractivity contribution is 5.88. The second kappa shape index (κ2) is 7.69. The first-order chi connectivity index (χ1) is 10.6. The molecule has 2 aromatic carbocycles. The van der Waals surface area contributed by atoms with Gasteiger partial charge in [0.2, 0.25) is 0 Å². The fourth-order valence-corrected chi connectivity index (χ4v) is 2.07. The SMILES string of the molecule is CC(C)C(C)NC(=O)NCCOc1cccc2ccccc12. The Kier molecular flexibility index (Phi) is 5.64. The van der Waals surface area contributed by atoms with Crippen molar-refractivity contribution < 1.29 is 9.53 Å². The third kappa shape index (κ3) is 4.38. The normalized spacial score (nSPS) is 12.2. The van der Waals surface area contributed by atoms with Crippen LogP contribution in [-0.4, -0.2) is 25.2 Å². The predicted molar refractivity (Wildman–Crippen MR) is 90.3 cm³/mol. The molecule has 0 aliphatic rings. The fraction of sp³-hybridized carbons (Fsp3) is 0.389. The Labute approximate surface area is 131 Å². The second-order valence-electron chi connectivity index (χ2n) is 5.76. The molecule has 2 aromatic rings. The smallest absolute Gasteiger partial charge is 0.315 e. The number of urea groups is 1. The van der Waals surface area contributed by atoms with Gasteiger partial charge in [0.15, 0.2) is 0 Å². The molecular weight excluding hydrogens is 276 g/mol. The molecule has 0 spiro atoms. The first-order valence-electron chi connectivity index (χ1n) is 7.73. The average Bonchev–Trinajstić information content (AvgIpc) is 2.51. The Morgan fingerprint density at radius 2 is 1.82 bits per heavy atom. The van der Waals surface area contributed by atoms with Crippen molar-refractivity contribution in [2.45, 2.75) is 26.8 Å². The van der Waals surface area contributed by atoms with Gasteiger partial charge in [-0.3, -0.25) is 0 Å². The van der Waals surface area contributed by atoms with Crippen molar-refractivity contribution in [3.8, 4) is 5.75 Å². The number of rotatable bonds is 6. The minimum absolute atomic E-state index is 0.150. The van der Waals surface area contributed by atoms with Crippen LogP contribution in [0.5, 0.6) is 5.75 Å². The maximum absolute atomic E-state index is 11.7. The van der Waals surface area contributed by atoms with E-state index in [4.69, 9.17) is 4.74 Å². The molecule has 1 atom stereocenters. The lowest BCUT2D eigenvalue weighted by Crippen LogP contribution is -2.44. The molecule has 22 heavy (non-hydrogen) atoms. The summed E-state index contributed by atoms with van der Waals surface area (Å²) in [5, 5.41) is 7.95. The number of benzene rings is 2. The quantitative estimate of drug-likeness (QED) is 0.801. The van der Waals surface area contributed by atoms with E-state index in [-0.39, 0.29) is 12.1 Å². The van der Waals surface area contributed by atoms with Crippen LogP contribution in [0, 0.1) is 5.92 Å². The molecule has 0 bridgehead atoms. The molecule has 118 valence electrons. The highest BCUT2D eigenvalue weighted by atomic mass is 16.5. The van der Waals surface area contributed by atoms with Gasteiger partial charge in [-0.15, -0.1) is 0 Å². The summed E-state index contributed by atoms with van der Waals surface area (Å²) < 4.78 is 5.78. The number of amides is 2. The lowest BCUT2D eigenvalue weighted by atomic mass is 10.1. The number of ether oxygens (including phenoxy) is 1. The van der Waals surface area contributed by atoms with Crippen LogP contribution in [-0.2, 0) is 0 Å². The third-order valence-electron chi connectivity index (χ3n) is 3.75. The van der Waals surface area contributed by atoms with Crippen molar-refractivity contribution in [1.29, 1.82) is 0 Å². The molecule has 2 amide bonds. The van der Waals surface area contributed by atoms with Gasteiger partial charge in [0.05, 0.1) is 6.54 Å². The zero-order chi connectivity index (χ0) is 15.9. The second-order valence-corrected chi connectivity index (χ2v) is 5.76. The van der Waals surface area contributed by atoms with Crippen LogP contribution < -0.4 is 15.4 Å². The van der Waals surface area contributed by atoms with Crippen molar-refractivity contribution in [1.82, 2.24) is 10.6 Å². The van der Waals surface area contributed by atoms with E-state index < -0.39 is 0 Å². The maximum atomic E-state index is 11.7. The monoisotopic (exact) mass is 300 g/mol. The molecule has 0 aliphatic carbocycles. The largest absolute Gasteiger partial charge is 0.491 e. The number of fused-ring (bicyclic) bond motifs is 1. The molecule has 0 aromatic heterocycles. The number of nitrogens with one attached hydrogen (secondary N) is 2. The van der Waals surface area contributed by atoms with Crippen LogP contribution in [0.1, 0.15) is 20.8 Å². The Morgan fingerprint density at radius 3 is 2.59 bits per heavy atom. The zero-order valence-corrected chi connectivity index (χ0v) is 13.4. The summed E-state index contributed by atoms with van der Waals surface area (Å²) in [6.07, 6.45) is 0. The summed E-state index contributed by atoms with van der Waals surface area (Å²) in [5.74, 6) is 1.26. The molecule has 0 heterocycles. The number of hydrogen-bond acceptors (Lipinski definition) is 2. The van der Waals surface area contributed by atoms with Gasteiger partial charge in [-0.05, 0) is 24.3 Å². The van der Waals surface area contributed by atoms with Crippen LogP contribution in [0.15, 0.2) is 42.5 Å². The van der Waals surface area contributed by atoms with Crippen LogP contribution in [0.4, 0.5) is 4.79 Å². The Balaban J connectivity index is 1.80. The predicted octanol–water partition coefficient (Wildman–Crippen LogP) is 3.56. The van der Waals surface area contributed by atoms with Crippen molar-refractivity contribution >= 4 is 16.8 Å².